The first-order chi connectivity index (χ1) is 9.65. The first-order valence-corrected chi connectivity index (χ1v) is 7.33. The Morgan fingerprint density at radius 1 is 1.20 bits per heavy atom. The van der Waals surface area contributed by atoms with Crippen LogP contribution in [-0.2, 0) is 6.54 Å². The zero-order chi connectivity index (χ0) is 14.4. The van der Waals surface area contributed by atoms with Crippen molar-refractivity contribution in [1.29, 1.82) is 0 Å². The van der Waals surface area contributed by atoms with Gasteiger partial charge in [0.15, 0.2) is 0 Å². The summed E-state index contributed by atoms with van der Waals surface area (Å²) < 4.78 is 5.63. The molecule has 2 aromatic rings. The van der Waals surface area contributed by atoms with Crippen LogP contribution in [0.4, 0.5) is 0 Å². The molecule has 0 aliphatic rings. The van der Waals surface area contributed by atoms with Gasteiger partial charge in [-0.15, -0.1) is 11.3 Å². The normalized spacial score (nSPS) is 10.8. The van der Waals surface area contributed by atoms with E-state index in [0.29, 0.717) is 12.1 Å². The van der Waals surface area contributed by atoms with Gasteiger partial charge in [0.2, 0.25) is 0 Å². The number of hydrogen-bond acceptors (Lipinski definition) is 5. The highest BCUT2D eigenvalue weighted by molar-refractivity contribution is 7.09. The number of nitrogens with zero attached hydrogens (tertiary/aromatic N) is 1. The Balaban J connectivity index is 1.72. The molecule has 0 bridgehead atoms. The molecular formula is C14H18BNO3S. The summed E-state index contributed by atoms with van der Waals surface area (Å²) in [5, 5.41) is 20.1. The molecule has 4 nitrogen and oxygen atoms in total. The third-order valence-corrected chi connectivity index (χ3v) is 3.79. The van der Waals surface area contributed by atoms with Gasteiger partial charge in [-0.05, 0) is 36.1 Å². The van der Waals surface area contributed by atoms with Crippen LogP contribution in [0, 0.1) is 0 Å². The van der Waals surface area contributed by atoms with Gasteiger partial charge in [-0.25, -0.2) is 0 Å². The molecule has 1 aromatic heterocycles. The molecule has 0 spiro atoms. The molecule has 0 saturated carbocycles. The zero-order valence-corrected chi connectivity index (χ0v) is 12.2. The highest BCUT2D eigenvalue weighted by Crippen LogP contribution is 2.11. The number of benzene rings is 1. The lowest BCUT2D eigenvalue weighted by Gasteiger charge is -2.16. The minimum Gasteiger partial charge on any atom is -0.492 e. The second kappa shape index (κ2) is 7.45. The van der Waals surface area contributed by atoms with E-state index in [1.165, 1.54) is 4.88 Å². The Hall–Kier alpha value is -1.34. The van der Waals surface area contributed by atoms with Crippen molar-refractivity contribution in [3.63, 3.8) is 0 Å². The van der Waals surface area contributed by atoms with Crippen LogP contribution in [0.1, 0.15) is 4.88 Å². The summed E-state index contributed by atoms with van der Waals surface area (Å²) in [5.74, 6) is 0.735. The maximum Gasteiger partial charge on any atom is 0.488 e. The first-order valence-electron chi connectivity index (χ1n) is 6.45. The van der Waals surface area contributed by atoms with Gasteiger partial charge in [0.05, 0.1) is 0 Å². The molecule has 106 valence electrons. The third-order valence-electron chi connectivity index (χ3n) is 2.93. The van der Waals surface area contributed by atoms with Gasteiger partial charge in [0.25, 0.3) is 0 Å². The van der Waals surface area contributed by atoms with E-state index in [0.717, 1.165) is 18.8 Å². The van der Waals surface area contributed by atoms with Gasteiger partial charge >= 0.3 is 7.12 Å². The Kier molecular flexibility index (Phi) is 5.61. The van der Waals surface area contributed by atoms with Crippen LogP contribution in [0.15, 0.2) is 41.8 Å². The summed E-state index contributed by atoms with van der Waals surface area (Å²) >= 11 is 1.76. The molecule has 0 aliphatic heterocycles. The molecule has 6 heteroatoms. The van der Waals surface area contributed by atoms with E-state index in [2.05, 4.69) is 29.5 Å². The summed E-state index contributed by atoms with van der Waals surface area (Å²) in [6.07, 6.45) is 0. The zero-order valence-electron chi connectivity index (χ0n) is 11.4. The lowest BCUT2D eigenvalue weighted by atomic mass is 9.80. The number of hydrogen-bond donors (Lipinski definition) is 2. The van der Waals surface area contributed by atoms with Gasteiger partial charge in [0.1, 0.15) is 12.4 Å². The van der Waals surface area contributed by atoms with Crippen molar-refractivity contribution >= 4 is 23.9 Å². The summed E-state index contributed by atoms with van der Waals surface area (Å²) in [5.41, 5.74) is 0.465. The van der Waals surface area contributed by atoms with Crippen LogP contribution >= 0.6 is 11.3 Å². The molecule has 2 N–H and O–H groups in total. The monoisotopic (exact) mass is 291 g/mol. The SMILES string of the molecule is CN(CCOc1ccc(B(O)O)cc1)Cc1cccs1. The number of rotatable bonds is 7. The van der Waals surface area contributed by atoms with E-state index in [-0.39, 0.29) is 0 Å². The van der Waals surface area contributed by atoms with Crippen LogP contribution in [0.25, 0.3) is 0 Å². The van der Waals surface area contributed by atoms with Gasteiger partial charge in [-0.2, -0.15) is 0 Å². The molecule has 1 aromatic carbocycles. The van der Waals surface area contributed by atoms with Gasteiger partial charge in [0, 0.05) is 18.0 Å². The van der Waals surface area contributed by atoms with E-state index < -0.39 is 7.12 Å². The number of ether oxygens (including phenoxy) is 1. The van der Waals surface area contributed by atoms with Crippen LogP contribution in [0.2, 0.25) is 0 Å². The van der Waals surface area contributed by atoms with E-state index in [1.807, 2.05) is 0 Å². The summed E-state index contributed by atoms with van der Waals surface area (Å²) in [7, 11) is 0.634. The predicted octanol–water partition coefficient (Wildman–Crippen LogP) is 0.939. The van der Waals surface area contributed by atoms with E-state index in [1.54, 1.807) is 35.6 Å². The Morgan fingerprint density at radius 2 is 1.95 bits per heavy atom. The van der Waals surface area contributed by atoms with Crippen LogP contribution < -0.4 is 10.2 Å². The van der Waals surface area contributed by atoms with Crippen molar-refractivity contribution in [2.75, 3.05) is 20.2 Å². The molecule has 0 amide bonds. The minimum absolute atomic E-state index is 0.465. The predicted molar refractivity (Wildman–Crippen MR) is 82.4 cm³/mol. The smallest absolute Gasteiger partial charge is 0.488 e. The van der Waals surface area contributed by atoms with Crippen molar-refractivity contribution < 1.29 is 14.8 Å². The molecule has 20 heavy (non-hydrogen) atoms. The van der Waals surface area contributed by atoms with E-state index in [4.69, 9.17) is 14.8 Å². The van der Waals surface area contributed by atoms with Gasteiger partial charge < -0.3 is 14.8 Å². The molecule has 0 atom stereocenters. The largest absolute Gasteiger partial charge is 0.492 e. The Labute approximate surface area is 123 Å². The van der Waals surface area contributed by atoms with Gasteiger partial charge in [-0.1, -0.05) is 18.2 Å². The van der Waals surface area contributed by atoms with Crippen molar-refractivity contribution in [2.24, 2.45) is 0 Å². The highest BCUT2D eigenvalue weighted by Gasteiger charge is 2.09. The van der Waals surface area contributed by atoms with Crippen molar-refractivity contribution in [2.45, 2.75) is 6.54 Å². The fraction of sp³-hybridized carbons (Fsp3) is 0.286. The van der Waals surface area contributed by atoms with Gasteiger partial charge in [-0.3, -0.25) is 4.90 Å². The third kappa shape index (κ3) is 4.65. The maximum atomic E-state index is 8.99. The second-order valence-corrected chi connectivity index (χ2v) is 5.64. The molecular weight excluding hydrogens is 273 g/mol. The summed E-state index contributed by atoms with van der Waals surface area (Å²) in [6.45, 7) is 2.36. The van der Waals surface area contributed by atoms with E-state index in [9.17, 15) is 0 Å². The second-order valence-electron chi connectivity index (χ2n) is 4.61. The Morgan fingerprint density at radius 3 is 2.55 bits per heavy atom. The lowest BCUT2D eigenvalue weighted by Crippen LogP contribution is -2.29. The molecule has 0 saturated heterocycles. The maximum absolute atomic E-state index is 8.99. The topological polar surface area (TPSA) is 52.9 Å². The summed E-state index contributed by atoms with van der Waals surface area (Å²) in [4.78, 5) is 3.55. The molecule has 0 unspecified atom stereocenters. The number of thiophene rings is 1. The van der Waals surface area contributed by atoms with Crippen molar-refractivity contribution in [3.05, 3.63) is 46.7 Å². The molecule has 0 fully saturated rings. The molecule has 0 aliphatic carbocycles. The molecule has 2 rings (SSSR count). The minimum atomic E-state index is -1.43. The molecule has 1 heterocycles. The molecule has 0 radical (unpaired) electrons. The fourth-order valence-corrected chi connectivity index (χ4v) is 2.59. The van der Waals surface area contributed by atoms with E-state index >= 15 is 0 Å². The average molecular weight is 291 g/mol. The van der Waals surface area contributed by atoms with Crippen molar-refractivity contribution in [1.82, 2.24) is 4.90 Å². The van der Waals surface area contributed by atoms with Crippen LogP contribution in [-0.4, -0.2) is 42.3 Å². The summed E-state index contributed by atoms with van der Waals surface area (Å²) in [6, 6.07) is 11.0. The highest BCUT2D eigenvalue weighted by atomic mass is 32.1. The van der Waals surface area contributed by atoms with Crippen LogP contribution in [0.5, 0.6) is 5.75 Å². The standard InChI is InChI=1S/C14H18BNO3S/c1-16(11-14-3-2-10-20-14)8-9-19-13-6-4-12(5-7-13)15(17)18/h2-7,10,17-18H,8-9,11H2,1H3. The quantitative estimate of drug-likeness (QED) is 0.746. The number of likely N-dealkylation sites (N-methyl/N-ethyl adjacent to an activating group) is 1. The lowest BCUT2D eigenvalue weighted by molar-refractivity contribution is 0.234. The first kappa shape index (κ1) is 15.1. The fourth-order valence-electron chi connectivity index (χ4n) is 1.80. The Bertz CT molecular complexity index is 502. The average Bonchev–Trinajstić information content (AvgIpc) is 2.92. The van der Waals surface area contributed by atoms with Crippen LogP contribution in [0.3, 0.4) is 0 Å². The van der Waals surface area contributed by atoms with Crippen molar-refractivity contribution in [3.8, 4) is 5.75 Å².